The fourth-order valence-electron chi connectivity index (χ4n) is 3.85. The van der Waals surface area contributed by atoms with Gasteiger partial charge in [0.15, 0.2) is 0 Å². The third-order valence-corrected chi connectivity index (χ3v) is 4.91. The first kappa shape index (κ1) is 18.0. The van der Waals surface area contributed by atoms with Crippen LogP contribution in [0.3, 0.4) is 0 Å². The second-order valence-electron chi connectivity index (χ2n) is 7.88. The van der Waals surface area contributed by atoms with E-state index in [-0.39, 0.29) is 0 Å². The fourth-order valence-corrected chi connectivity index (χ4v) is 3.85. The second kappa shape index (κ2) is 8.38. The van der Waals surface area contributed by atoms with Gasteiger partial charge in [0.1, 0.15) is 0 Å². The van der Waals surface area contributed by atoms with E-state index in [2.05, 4.69) is 51.8 Å². The van der Waals surface area contributed by atoms with Gasteiger partial charge in [-0.1, -0.05) is 40.5 Å². The first-order chi connectivity index (χ1) is 9.38. The number of nitrogens with zero attached hydrogens (tertiary/aromatic N) is 1. The molecule has 0 aromatic heterocycles. The van der Waals surface area contributed by atoms with Crippen molar-refractivity contribution in [3.05, 3.63) is 0 Å². The largest absolute Gasteiger partial charge is 0.316 e. The molecule has 2 atom stereocenters. The molecule has 2 heteroatoms. The minimum atomic E-state index is 0.507. The molecule has 1 aliphatic carbocycles. The Morgan fingerprint density at radius 1 is 1.25 bits per heavy atom. The van der Waals surface area contributed by atoms with Gasteiger partial charge < -0.3 is 10.2 Å². The first-order valence-corrected chi connectivity index (χ1v) is 8.83. The Kier molecular flexibility index (Phi) is 7.53. The molecule has 2 nitrogen and oxygen atoms in total. The van der Waals surface area contributed by atoms with Gasteiger partial charge >= 0.3 is 0 Å². The van der Waals surface area contributed by atoms with Gasteiger partial charge in [0.05, 0.1) is 0 Å². The lowest BCUT2D eigenvalue weighted by Gasteiger charge is -2.44. The highest BCUT2D eigenvalue weighted by molar-refractivity contribution is 4.90. The van der Waals surface area contributed by atoms with E-state index in [1.807, 2.05) is 0 Å². The molecule has 0 radical (unpaired) electrons. The molecule has 1 N–H and O–H groups in total. The van der Waals surface area contributed by atoms with E-state index >= 15 is 0 Å². The van der Waals surface area contributed by atoms with Crippen LogP contribution in [0.5, 0.6) is 0 Å². The molecule has 1 saturated carbocycles. The summed E-state index contributed by atoms with van der Waals surface area (Å²) in [5.74, 6) is 1.65. The summed E-state index contributed by atoms with van der Waals surface area (Å²) in [5.41, 5.74) is 0.507. The molecule has 120 valence electrons. The lowest BCUT2D eigenvalue weighted by Crippen LogP contribution is -2.48. The van der Waals surface area contributed by atoms with E-state index in [1.165, 1.54) is 45.3 Å². The van der Waals surface area contributed by atoms with Crippen LogP contribution in [-0.2, 0) is 0 Å². The van der Waals surface area contributed by atoms with Gasteiger partial charge in [-0.3, -0.25) is 0 Å². The van der Waals surface area contributed by atoms with Crippen molar-refractivity contribution >= 4 is 0 Å². The third kappa shape index (κ3) is 5.73. The summed E-state index contributed by atoms with van der Waals surface area (Å²) in [6.45, 7) is 18.8. The summed E-state index contributed by atoms with van der Waals surface area (Å²) >= 11 is 0. The average Bonchev–Trinajstić information content (AvgIpc) is 2.35. The standard InChI is InChI=1S/C18H38N2/c1-7-20(16(4)5)14-18(13-19-12-15(2)3)10-8-9-17(6)11-18/h15-17,19H,7-14H2,1-6H3. The lowest BCUT2D eigenvalue weighted by atomic mass is 9.69. The smallest absolute Gasteiger partial charge is 0.00528 e. The molecule has 1 aliphatic rings. The highest BCUT2D eigenvalue weighted by Gasteiger charge is 2.36. The van der Waals surface area contributed by atoms with E-state index < -0.39 is 0 Å². The molecule has 2 unspecified atom stereocenters. The van der Waals surface area contributed by atoms with Gasteiger partial charge in [0.25, 0.3) is 0 Å². The van der Waals surface area contributed by atoms with Crippen LogP contribution in [0.15, 0.2) is 0 Å². The Morgan fingerprint density at radius 2 is 1.95 bits per heavy atom. The fraction of sp³-hybridized carbons (Fsp3) is 1.00. The van der Waals surface area contributed by atoms with Crippen LogP contribution in [0.1, 0.15) is 67.2 Å². The average molecular weight is 283 g/mol. The molecular weight excluding hydrogens is 244 g/mol. The van der Waals surface area contributed by atoms with Crippen molar-refractivity contribution in [1.29, 1.82) is 0 Å². The second-order valence-corrected chi connectivity index (χ2v) is 7.88. The van der Waals surface area contributed by atoms with Crippen molar-refractivity contribution in [1.82, 2.24) is 10.2 Å². The summed E-state index contributed by atoms with van der Waals surface area (Å²) in [4.78, 5) is 2.66. The zero-order valence-corrected chi connectivity index (χ0v) is 14.8. The van der Waals surface area contributed by atoms with Crippen molar-refractivity contribution in [2.45, 2.75) is 73.3 Å². The minimum absolute atomic E-state index is 0.507. The van der Waals surface area contributed by atoms with E-state index in [1.54, 1.807) is 0 Å². The van der Waals surface area contributed by atoms with E-state index in [9.17, 15) is 0 Å². The van der Waals surface area contributed by atoms with Crippen LogP contribution >= 0.6 is 0 Å². The van der Waals surface area contributed by atoms with Crippen LogP contribution in [-0.4, -0.2) is 37.1 Å². The Hall–Kier alpha value is -0.0800. The zero-order valence-electron chi connectivity index (χ0n) is 14.8. The van der Waals surface area contributed by atoms with Gasteiger partial charge in [0, 0.05) is 19.1 Å². The van der Waals surface area contributed by atoms with Crippen molar-refractivity contribution in [2.24, 2.45) is 17.3 Å². The lowest BCUT2D eigenvalue weighted by molar-refractivity contribution is 0.0673. The quantitative estimate of drug-likeness (QED) is 0.719. The van der Waals surface area contributed by atoms with Crippen LogP contribution in [0, 0.1) is 17.3 Å². The SMILES string of the molecule is CCN(CC1(CNCC(C)C)CCCC(C)C1)C(C)C. The number of hydrogen-bond acceptors (Lipinski definition) is 2. The van der Waals surface area contributed by atoms with Gasteiger partial charge in [-0.05, 0) is 57.0 Å². The summed E-state index contributed by atoms with van der Waals surface area (Å²) < 4.78 is 0. The molecule has 0 spiro atoms. The molecule has 0 bridgehead atoms. The monoisotopic (exact) mass is 282 g/mol. The van der Waals surface area contributed by atoms with Crippen LogP contribution in [0.25, 0.3) is 0 Å². The Morgan fingerprint density at radius 3 is 2.45 bits per heavy atom. The number of rotatable bonds is 8. The highest BCUT2D eigenvalue weighted by atomic mass is 15.2. The normalized spacial score (nSPS) is 27.8. The van der Waals surface area contributed by atoms with Gasteiger partial charge in [0.2, 0.25) is 0 Å². The van der Waals surface area contributed by atoms with Gasteiger partial charge in [-0.2, -0.15) is 0 Å². The van der Waals surface area contributed by atoms with Crippen molar-refractivity contribution in [2.75, 3.05) is 26.2 Å². The van der Waals surface area contributed by atoms with Crippen molar-refractivity contribution < 1.29 is 0 Å². The van der Waals surface area contributed by atoms with Crippen LogP contribution in [0.4, 0.5) is 0 Å². The summed E-state index contributed by atoms with van der Waals surface area (Å²) in [6.07, 6.45) is 5.66. The first-order valence-electron chi connectivity index (χ1n) is 8.83. The van der Waals surface area contributed by atoms with E-state index in [0.717, 1.165) is 18.4 Å². The van der Waals surface area contributed by atoms with Crippen molar-refractivity contribution in [3.63, 3.8) is 0 Å². The number of hydrogen-bond donors (Lipinski definition) is 1. The van der Waals surface area contributed by atoms with Crippen molar-refractivity contribution in [3.8, 4) is 0 Å². The van der Waals surface area contributed by atoms with E-state index in [4.69, 9.17) is 0 Å². The van der Waals surface area contributed by atoms with Gasteiger partial charge in [-0.25, -0.2) is 0 Å². The highest BCUT2D eigenvalue weighted by Crippen LogP contribution is 2.40. The maximum Gasteiger partial charge on any atom is 0.00528 e. The molecule has 0 heterocycles. The molecular formula is C18H38N2. The predicted molar refractivity (Wildman–Crippen MR) is 90.2 cm³/mol. The number of nitrogens with one attached hydrogen (secondary N) is 1. The Labute approximate surface area is 127 Å². The summed E-state index contributed by atoms with van der Waals surface area (Å²) in [7, 11) is 0. The van der Waals surface area contributed by atoms with Crippen LogP contribution in [0.2, 0.25) is 0 Å². The molecule has 20 heavy (non-hydrogen) atoms. The predicted octanol–water partition coefficient (Wildman–Crippen LogP) is 4.16. The molecule has 1 fully saturated rings. The molecule has 0 aromatic carbocycles. The zero-order chi connectivity index (χ0) is 15.2. The molecule has 0 aromatic rings. The van der Waals surface area contributed by atoms with Gasteiger partial charge in [-0.15, -0.1) is 0 Å². The minimum Gasteiger partial charge on any atom is -0.316 e. The Balaban J connectivity index is 2.67. The van der Waals surface area contributed by atoms with E-state index in [0.29, 0.717) is 11.5 Å². The maximum absolute atomic E-state index is 3.76. The maximum atomic E-state index is 3.76. The van der Waals surface area contributed by atoms with Crippen LogP contribution < -0.4 is 5.32 Å². The summed E-state index contributed by atoms with van der Waals surface area (Å²) in [6, 6.07) is 0.666. The molecule has 0 aliphatic heterocycles. The molecule has 0 amide bonds. The molecule has 1 rings (SSSR count). The topological polar surface area (TPSA) is 15.3 Å². The summed E-state index contributed by atoms with van der Waals surface area (Å²) in [5, 5.41) is 3.76. The molecule has 0 saturated heterocycles. The third-order valence-electron chi connectivity index (χ3n) is 4.91. The Bertz CT molecular complexity index is 262.